The number of fused-ring (bicyclic) bond motifs is 1. The standard InChI is InChI=1S/C25H27N9O3/c1-25(2,35)12-11-16-20-17(14-19(30-16)36-23(29)15-8-4-3-5-9-15)34(13-7-6-10-18(26)27)24(31-20)21-22(28)33-37-32-21/h3-5,8-9,14,18,23,35H,7,13,26-27,29H2,1-2H3,(H2,28,33)/t23-/m0/s1. The van der Waals surface area contributed by atoms with Crippen molar-refractivity contribution in [1.29, 1.82) is 0 Å². The van der Waals surface area contributed by atoms with Crippen molar-refractivity contribution in [2.24, 2.45) is 17.2 Å². The normalized spacial score (nSPS) is 12.1. The molecule has 0 spiro atoms. The first kappa shape index (κ1) is 25.6. The van der Waals surface area contributed by atoms with E-state index in [0.717, 1.165) is 5.56 Å². The van der Waals surface area contributed by atoms with Crippen molar-refractivity contribution in [2.75, 3.05) is 5.73 Å². The van der Waals surface area contributed by atoms with Gasteiger partial charge in [-0.05, 0) is 30.1 Å². The molecule has 1 atom stereocenters. The molecule has 0 aliphatic heterocycles. The molecular formula is C25H27N9O3. The molecule has 12 nitrogen and oxygen atoms in total. The number of benzene rings is 1. The number of aromatic nitrogens is 5. The van der Waals surface area contributed by atoms with Crippen LogP contribution < -0.4 is 27.7 Å². The van der Waals surface area contributed by atoms with Crippen molar-refractivity contribution in [1.82, 2.24) is 24.8 Å². The van der Waals surface area contributed by atoms with Gasteiger partial charge in [-0.2, -0.15) is 0 Å². The summed E-state index contributed by atoms with van der Waals surface area (Å²) in [4.78, 5) is 9.23. The van der Waals surface area contributed by atoms with E-state index in [1.165, 1.54) is 0 Å². The van der Waals surface area contributed by atoms with E-state index in [9.17, 15) is 5.11 Å². The minimum Gasteiger partial charge on any atom is -0.454 e. The second-order valence-corrected chi connectivity index (χ2v) is 8.62. The summed E-state index contributed by atoms with van der Waals surface area (Å²) in [6.45, 7) is 3.50. The van der Waals surface area contributed by atoms with Crippen molar-refractivity contribution < 1.29 is 14.5 Å². The van der Waals surface area contributed by atoms with Gasteiger partial charge in [-0.3, -0.25) is 5.73 Å². The molecule has 3 heterocycles. The third kappa shape index (κ3) is 6.22. The molecule has 0 fully saturated rings. The van der Waals surface area contributed by atoms with E-state index in [2.05, 4.69) is 39.0 Å². The number of pyridine rings is 1. The Morgan fingerprint density at radius 2 is 1.89 bits per heavy atom. The minimum absolute atomic E-state index is 0.0614. The predicted molar refractivity (Wildman–Crippen MR) is 137 cm³/mol. The van der Waals surface area contributed by atoms with Gasteiger partial charge in [0.15, 0.2) is 23.6 Å². The van der Waals surface area contributed by atoms with Crippen molar-refractivity contribution in [2.45, 2.75) is 44.8 Å². The highest BCUT2D eigenvalue weighted by molar-refractivity contribution is 5.86. The zero-order chi connectivity index (χ0) is 26.6. The first-order valence-corrected chi connectivity index (χ1v) is 11.3. The minimum atomic E-state index is -1.27. The number of aliphatic hydroxyl groups is 1. The van der Waals surface area contributed by atoms with Crippen molar-refractivity contribution >= 4 is 16.9 Å². The summed E-state index contributed by atoms with van der Waals surface area (Å²) in [5, 5.41) is 17.8. The molecule has 0 radical (unpaired) electrons. The zero-order valence-corrected chi connectivity index (χ0v) is 20.3. The van der Waals surface area contributed by atoms with Crippen LogP contribution in [0.15, 0.2) is 41.0 Å². The van der Waals surface area contributed by atoms with E-state index in [1.54, 1.807) is 19.9 Å². The molecule has 12 heteroatoms. The molecule has 0 aliphatic carbocycles. The number of aryl methyl sites for hydroxylation is 1. The van der Waals surface area contributed by atoms with Crippen LogP contribution in [0.2, 0.25) is 0 Å². The summed E-state index contributed by atoms with van der Waals surface area (Å²) in [6.07, 6.45) is -1.15. The zero-order valence-electron chi connectivity index (χ0n) is 20.3. The lowest BCUT2D eigenvalue weighted by molar-refractivity contribution is 0.143. The third-order valence-electron chi connectivity index (χ3n) is 5.03. The molecule has 4 aromatic rings. The van der Waals surface area contributed by atoms with Gasteiger partial charge in [-0.1, -0.05) is 48.1 Å². The first-order chi connectivity index (χ1) is 17.6. The van der Waals surface area contributed by atoms with E-state index in [1.807, 2.05) is 34.9 Å². The molecule has 1 aromatic carbocycles. The van der Waals surface area contributed by atoms with Crippen LogP contribution >= 0.6 is 0 Å². The van der Waals surface area contributed by atoms with E-state index in [-0.39, 0.29) is 23.1 Å². The largest absolute Gasteiger partial charge is 0.454 e. The van der Waals surface area contributed by atoms with E-state index < -0.39 is 18.0 Å². The lowest BCUT2D eigenvalue weighted by Crippen LogP contribution is -2.28. The van der Waals surface area contributed by atoms with Crippen molar-refractivity contribution in [3.8, 4) is 41.1 Å². The van der Waals surface area contributed by atoms with Crippen LogP contribution in [0.25, 0.3) is 22.6 Å². The highest BCUT2D eigenvalue weighted by Crippen LogP contribution is 2.31. The van der Waals surface area contributed by atoms with Crippen LogP contribution in [0.5, 0.6) is 5.88 Å². The maximum atomic E-state index is 10.2. The van der Waals surface area contributed by atoms with Crippen LogP contribution in [0.1, 0.15) is 37.8 Å². The Hall–Kier alpha value is -4.46. The highest BCUT2D eigenvalue weighted by Gasteiger charge is 2.23. The topological polar surface area (TPSA) is 203 Å². The Balaban J connectivity index is 1.88. The summed E-state index contributed by atoms with van der Waals surface area (Å²) in [6, 6.07) is 11.0. The second-order valence-electron chi connectivity index (χ2n) is 8.62. The number of imidazole rings is 1. The Kier molecular flexibility index (Phi) is 7.38. The van der Waals surface area contributed by atoms with Gasteiger partial charge in [0.05, 0.1) is 5.52 Å². The molecule has 0 aliphatic rings. The Bertz CT molecular complexity index is 1510. The third-order valence-corrected chi connectivity index (χ3v) is 5.03. The summed E-state index contributed by atoms with van der Waals surface area (Å²) in [7, 11) is 0. The van der Waals surface area contributed by atoms with E-state index in [0.29, 0.717) is 29.8 Å². The quantitative estimate of drug-likeness (QED) is 0.185. The maximum absolute atomic E-state index is 10.2. The Morgan fingerprint density at radius 3 is 2.54 bits per heavy atom. The van der Waals surface area contributed by atoms with Crippen LogP contribution in [0, 0.1) is 23.7 Å². The van der Waals surface area contributed by atoms with Gasteiger partial charge < -0.3 is 31.6 Å². The van der Waals surface area contributed by atoms with Gasteiger partial charge in [0.1, 0.15) is 23.0 Å². The maximum Gasteiger partial charge on any atom is 0.218 e. The van der Waals surface area contributed by atoms with Gasteiger partial charge in [0.2, 0.25) is 5.88 Å². The van der Waals surface area contributed by atoms with E-state index >= 15 is 0 Å². The van der Waals surface area contributed by atoms with Crippen LogP contribution in [0.4, 0.5) is 5.82 Å². The monoisotopic (exact) mass is 501 g/mol. The first-order valence-electron chi connectivity index (χ1n) is 11.3. The Labute approximate surface area is 213 Å². The SMILES string of the molecule is CC(C)(O)C#Cc1nc(O[C@H](N)c2ccccc2)cc2c1nc(-c1nonc1N)n2CCC#CC(N)N. The van der Waals surface area contributed by atoms with Crippen molar-refractivity contribution in [3.05, 3.63) is 47.7 Å². The second kappa shape index (κ2) is 10.7. The fourth-order valence-corrected chi connectivity index (χ4v) is 3.41. The van der Waals surface area contributed by atoms with Gasteiger partial charge in [0, 0.05) is 24.6 Å². The number of hydrogen-bond donors (Lipinski definition) is 5. The average Bonchev–Trinajstić information content (AvgIpc) is 3.43. The fraction of sp³-hybridized carbons (Fsp3) is 0.280. The summed E-state index contributed by atoms with van der Waals surface area (Å²) in [5.41, 5.74) is 24.4. The highest BCUT2D eigenvalue weighted by atomic mass is 16.6. The molecule has 0 bridgehead atoms. The fourth-order valence-electron chi connectivity index (χ4n) is 3.41. The molecule has 37 heavy (non-hydrogen) atoms. The number of nitrogens with two attached hydrogens (primary N) is 4. The van der Waals surface area contributed by atoms with Crippen molar-refractivity contribution in [3.63, 3.8) is 0 Å². The lowest BCUT2D eigenvalue weighted by Gasteiger charge is -2.15. The molecule has 0 amide bonds. The smallest absolute Gasteiger partial charge is 0.218 e. The lowest BCUT2D eigenvalue weighted by atomic mass is 10.1. The van der Waals surface area contributed by atoms with Crippen LogP contribution in [-0.2, 0) is 6.54 Å². The number of ether oxygens (including phenoxy) is 1. The van der Waals surface area contributed by atoms with Crippen LogP contribution in [-0.4, -0.2) is 41.7 Å². The number of nitrogens with zero attached hydrogens (tertiary/aromatic N) is 5. The molecular weight excluding hydrogens is 474 g/mol. The van der Waals surface area contributed by atoms with Gasteiger partial charge in [-0.25, -0.2) is 14.6 Å². The molecule has 4 rings (SSSR count). The number of nitrogen functional groups attached to an aromatic ring is 1. The molecule has 0 unspecified atom stereocenters. The van der Waals surface area contributed by atoms with Gasteiger partial charge in [-0.15, -0.1) is 0 Å². The number of anilines is 1. The molecule has 3 aromatic heterocycles. The average molecular weight is 502 g/mol. The predicted octanol–water partition coefficient (Wildman–Crippen LogP) is 0.859. The molecule has 0 saturated heterocycles. The molecule has 9 N–H and O–H groups in total. The summed E-state index contributed by atoms with van der Waals surface area (Å²) < 4.78 is 12.6. The number of rotatable bonds is 6. The Morgan fingerprint density at radius 1 is 1.14 bits per heavy atom. The summed E-state index contributed by atoms with van der Waals surface area (Å²) >= 11 is 0. The van der Waals surface area contributed by atoms with Gasteiger partial charge >= 0.3 is 0 Å². The van der Waals surface area contributed by atoms with Gasteiger partial charge in [0.25, 0.3) is 0 Å². The molecule has 0 saturated carbocycles. The van der Waals surface area contributed by atoms with Crippen LogP contribution in [0.3, 0.4) is 0 Å². The number of hydrogen-bond acceptors (Lipinski definition) is 11. The summed E-state index contributed by atoms with van der Waals surface area (Å²) in [5.74, 6) is 12.0. The van der Waals surface area contributed by atoms with E-state index in [4.69, 9.17) is 37.3 Å². The molecule has 190 valence electrons.